The van der Waals surface area contributed by atoms with Gasteiger partial charge < -0.3 is 5.43 Å². The number of halogens is 1. The Morgan fingerprint density at radius 2 is 1.87 bits per heavy atom. The smallest absolute Gasteiger partial charge is 0.252 e. The molecule has 3 aromatic rings. The van der Waals surface area contributed by atoms with Gasteiger partial charge in [-0.25, -0.2) is 0 Å². The first-order chi connectivity index (χ1) is 11.1. The van der Waals surface area contributed by atoms with Gasteiger partial charge in [0.05, 0.1) is 11.2 Å². The van der Waals surface area contributed by atoms with Crippen LogP contribution in [0.3, 0.4) is 0 Å². The Morgan fingerprint density at radius 1 is 1.13 bits per heavy atom. The molecule has 0 spiro atoms. The minimum atomic E-state index is -0.0566. The average Bonchev–Trinajstić information content (AvgIpc) is 2.99. The summed E-state index contributed by atoms with van der Waals surface area (Å²) in [5, 5.41) is 5.97. The van der Waals surface area contributed by atoms with Crippen LogP contribution in [0.5, 0.6) is 0 Å². The molecule has 0 atom stereocenters. The van der Waals surface area contributed by atoms with E-state index in [2.05, 4.69) is 10.5 Å². The van der Waals surface area contributed by atoms with Gasteiger partial charge in [0, 0.05) is 16.6 Å². The first-order valence-corrected chi connectivity index (χ1v) is 7.65. The van der Waals surface area contributed by atoms with E-state index in [1.54, 1.807) is 10.8 Å². The van der Waals surface area contributed by atoms with Crippen LogP contribution in [0, 0.1) is 0 Å². The number of carbonyl (C=O) groups excluding carboxylic acids is 1. The van der Waals surface area contributed by atoms with Crippen LogP contribution in [0.15, 0.2) is 65.9 Å². The molecule has 116 valence electrons. The van der Waals surface area contributed by atoms with Crippen LogP contribution < -0.4 is 5.43 Å². The predicted octanol–water partition coefficient (Wildman–Crippen LogP) is 3.95. The SMILES string of the molecule is C/C(=N\NCC(=O)n1ccc2ccccc21)c1ccc(Cl)cc1. The summed E-state index contributed by atoms with van der Waals surface area (Å²) >= 11 is 5.86. The van der Waals surface area contributed by atoms with Crippen LogP contribution in [0.2, 0.25) is 5.02 Å². The van der Waals surface area contributed by atoms with E-state index in [4.69, 9.17) is 11.6 Å². The lowest BCUT2D eigenvalue weighted by atomic mass is 10.1. The number of para-hydroxylation sites is 1. The molecular formula is C18H16ClN3O. The summed E-state index contributed by atoms with van der Waals surface area (Å²) in [5.41, 5.74) is 5.49. The number of hydrazone groups is 1. The number of hydrogen-bond donors (Lipinski definition) is 1. The van der Waals surface area contributed by atoms with Crippen molar-refractivity contribution in [2.45, 2.75) is 6.92 Å². The molecule has 5 heteroatoms. The molecule has 4 nitrogen and oxygen atoms in total. The quantitative estimate of drug-likeness (QED) is 0.583. The average molecular weight is 326 g/mol. The highest BCUT2D eigenvalue weighted by Gasteiger charge is 2.07. The van der Waals surface area contributed by atoms with E-state index in [1.165, 1.54) is 0 Å². The molecule has 0 fully saturated rings. The Bertz CT molecular complexity index is 865. The Hall–Kier alpha value is -2.59. The summed E-state index contributed by atoms with van der Waals surface area (Å²) in [6.45, 7) is 2.01. The van der Waals surface area contributed by atoms with Crippen molar-refractivity contribution in [1.29, 1.82) is 0 Å². The molecule has 0 radical (unpaired) electrons. The lowest BCUT2D eigenvalue weighted by molar-refractivity contribution is 0.0918. The Balaban J connectivity index is 1.67. The van der Waals surface area contributed by atoms with Crippen LogP contribution in [-0.2, 0) is 0 Å². The summed E-state index contributed by atoms with van der Waals surface area (Å²) in [7, 11) is 0. The topological polar surface area (TPSA) is 46.4 Å². The molecule has 0 amide bonds. The zero-order valence-electron chi connectivity index (χ0n) is 12.7. The number of hydrogen-bond acceptors (Lipinski definition) is 3. The van der Waals surface area contributed by atoms with Gasteiger partial charge >= 0.3 is 0 Å². The minimum Gasteiger partial charge on any atom is -0.300 e. The second kappa shape index (κ2) is 6.67. The Labute approximate surface area is 139 Å². The third-order valence-corrected chi connectivity index (χ3v) is 3.86. The van der Waals surface area contributed by atoms with Crippen molar-refractivity contribution in [3.63, 3.8) is 0 Å². The van der Waals surface area contributed by atoms with Gasteiger partial charge in [-0.15, -0.1) is 0 Å². The van der Waals surface area contributed by atoms with E-state index in [1.807, 2.05) is 61.5 Å². The zero-order valence-corrected chi connectivity index (χ0v) is 13.4. The molecule has 1 heterocycles. The maximum atomic E-state index is 12.3. The normalized spacial score (nSPS) is 11.7. The van der Waals surface area contributed by atoms with E-state index in [0.29, 0.717) is 5.02 Å². The summed E-state index contributed by atoms with van der Waals surface area (Å²) in [5.74, 6) is -0.0566. The third-order valence-electron chi connectivity index (χ3n) is 3.61. The number of benzene rings is 2. The van der Waals surface area contributed by atoms with Gasteiger partial charge in [0.1, 0.15) is 6.54 Å². The largest absolute Gasteiger partial charge is 0.300 e. The lowest BCUT2D eigenvalue weighted by Crippen LogP contribution is -2.24. The van der Waals surface area contributed by atoms with E-state index < -0.39 is 0 Å². The maximum absolute atomic E-state index is 12.3. The van der Waals surface area contributed by atoms with Crippen LogP contribution >= 0.6 is 11.6 Å². The molecule has 3 rings (SSSR count). The molecule has 0 aliphatic heterocycles. The number of fused-ring (bicyclic) bond motifs is 1. The molecular weight excluding hydrogens is 310 g/mol. The van der Waals surface area contributed by atoms with Crippen molar-refractivity contribution in [2.24, 2.45) is 5.10 Å². The fourth-order valence-corrected chi connectivity index (χ4v) is 2.49. The molecule has 0 saturated heterocycles. The van der Waals surface area contributed by atoms with E-state index in [9.17, 15) is 4.79 Å². The third kappa shape index (κ3) is 3.43. The van der Waals surface area contributed by atoms with E-state index in [0.717, 1.165) is 22.2 Å². The molecule has 1 aromatic heterocycles. The summed E-state index contributed by atoms with van der Waals surface area (Å²) in [4.78, 5) is 12.3. The molecule has 0 unspecified atom stereocenters. The van der Waals surface area contributed by atoms with Gasteiger partial charge in [0.25, 0.3) is 5.91 Å². The van der Waals surface area contributed by atoms with Crippen LogP contribution in [0.1, 0.15) is 17.3 Å². The number of nitrogens with zero attached hydrogens (tertiary/aromatic N) is 2. The first kappa shape index (κ1) is 15.3. The first-order valence-electron chi connectivity index (χ1n) is 7.27. The van der Waals surface area contributed by atoms with Crippen LogP contribution in [0.4, 0.5) is 0 Å². The fraction of sp³-hybridized carbons (Fsp3) is 0.111. The summed E-state index contributed by atoms with van der Waals surface area (Å²) < 4.78 is 1.63. The van der Waals surface area contributed by atoms with Crippen LogP contribution in [0.25, 0.3) is 10.9 Å². The Morgan fingerprint density at radius 3 is 2.65 bits per heavy atom. The molecule has 1 N–H and O–H groups in total. The van der Waals surface area contributed by atoms with Gasteiger partial charge in [0.2, 0.25) is 0 Å². The molecule has 0 aliphatic rings. The van der Waals surface area contributed by atoms with E-state index >= 15 is 0 Å². The van der Waals surface area contributed by atoms with Gasteiger partial charge in [-0.3, -0.25) is 9.36 Å². The van der Waals surface area contributed by atoms with Crippen molar-refractivity contribution in [1.82, 2.24) is 9.99 Å². The number of nitrogens with one attached hydrogen (secondary N) is 1. The second-order valence-electron chi connectivity index (χ2n) is 5.18. The molecule has 2 aromatic carbocycles. The van der Waals surface area contributed by atoms with Gasteiger partial charge in [0.15, 0.2) is 0 Å². The molecule has 0 bridgehead atoms. The van der Waals surface area contributed by atoms with Crippen molar-refractivity contribution in [2.75, 3.05) is 6.54 Å². The second-order valence-corrected chi connectivity index (χ2v) is 5.61. The highest BCUT2D eigenvalue weighted by atomic mass is 35.5. The monoisotopic (exact) mass is 325 g/mol. The van der Waals surface area contributed by atoms with Crippen LogP contribution in [-0.4, -0.2) is 22.7 Å². The highest BCUT2D eigenvalue weighted by Crippen LogP contribution is 2.14. The number of carbonyl (C=O) groups is 1. The number of rotatable bonds is 4. The summed E-state index contributed by atoms with van der Waals surface area (Å²) in [6, 6.07) is 17.1. The fourth-order valence-electron chi connectivity index (χ4n) is 2.37. The van der Waals surface area contributed by atoms with Crippen molar-refractivity contribution < 1.29 is 4.79 Å². The van der Waals surface area contributed by atoms with Gasteiger partial charge in [-0.2, -0.15) is 5.10 Å². The summed E-state index contributed by atoms with van der Waals surface area (Å²) in [6.07, 6.45) is 1.78. The zero-order chi connectivity index (χ0) is 16.2. The molecule has 0 saturated carbocycles. The van der Waals surface area contributed by atoms with Crippen molar-refractivity contribution in [3.05, 3.63) is 71.4 Å². The predicted molar refractivity (Wildman–Crippen MR) is 94.2 cm³/mol. The van der Waals surface area contributed by atoms with Crippen molar-refractivity contribution in [3.8, 4) is 0 Å². The minimum absolute atomic E-state index is 0.0566. The van der Waals surface area contributed by atoms with Gasteiger partial charge in [-0.1, -0.05) is 41.9 Å². The standard InChI is InChI=1S/C18H16ClN3O/c1-13(14-6-8-16(19)9-7-14)21-20-12-18(23)22-11-10-15-4-2-3-5-17(15)22/h2-11,20H,12H2,1H3/b21-13+. The van der Waals surface area contributed by atoms with E-state index in [-0.39, 0.29) is 12.5 Å². The van der Waals surface area contributed by atoms with Gasteiger partial charge in [-0.05, 0) is 36.8 Å². The number of aromatic nitrogens is 1. The molecule has 0 aliphatic carbocycles. The van der Waals surface area contributed by atoms with Crippen molar-refractivity contribution >= 4 is 34.1 Å². The lowest BCUT2D eigenvalue weighted by Gasteiger charge is -2.05. The highest BCUT2D eigenvalue weighted by molar-refractivity contribution is 6.30. The molecule has 23 heavy (non-hydrogen) atoms. The Kier molecular flexibility index (Phi) is 4.44. The maximum Gasteiger partial charge on any atom is 0.252 e.